The number of rotatable bonds is 10. The molecule has 0 aliphatic carbocycles. The van der Waals surface area contributed by atoms with Gasteiger partial charge in [-0.15, -0.1) is 0 Å². The van der Waals surface area contributed by atoms with Gasteiger partial charge < -0.3 is 10.2 Å². The number of benzene rings is 2. The van der Waals surface area contributed by atoms with Crippen LogP contribution in [0.15, 0.2) is 66.9 Å². The molecule has 8 heteroatoms. The van der Waals surface area contributed by atoms with Gasteiger partial charge in [-0.05, 0) is 105 Å². The summed E-state index contributed by atoms with van der Waals surface area (Å²) in [7, 11) is 0. The highest BCUT2D eigenvalue weighted by Crippen LogP contribution is 2.25. The molecule has 0 saturated carbocycles. The summed E-state index contributed by atoms with van der Waals surface area (Å²) in [4.78, 5) is 45.3. The van der Waals surface area contributed by atoms with Crippen LogP contribution in [0.5, 0.6) is 0 Å². The minimum atomic E-state index is -0.0288. The van der Waals surface area contributed by atoms with E-state index in [1.165, 1.54) is 11.1 Å². The van der Waals surface area contributed by atoms with Crippen LogP contribution in [0.4, 0.5) is 5.69 Å². The first kappa shape index (κ1) is 29.2. The van der Waals surface area contributed by atoms with Crippen LogP contribution in [0.25, 0.3) is 0 Å². The minimum absolute atomic E-state index is 0.0288. The number of ketones is 1. The van der Waals surface area contributed by atoms with E-state index < -0.39 is 0 Å². The third kappa shape index (κ3) is 7.68. The van der Waals surface area contributed by atoms with Crippen LogP contribution in [-0.4, -0.2) is 59.1 Å². The van der Waals surface area contributed by atoms with Crippen LogP contribution < -0.4 is 5.32 Å². The molecule has 0 radical (unpaired) electrons. The third-order valence-electron chi connectivity index (χ3n) is 8.57. The molecule has 3 heterocycles. The topological polar surface area (TPSA) is 106 Å². The molecule has 2 aliphatic heterocycles. The molecule has 8 nitrogen and oxygen atoms in total. The van der Waals surface area contributed by atoms with Gasteiger partial charge in [0.05, 0.1) is 17.2 Å². The monoisotopic (exact) mass is 563 g/mol. The Morgan fingerprint density at radius 3 is 2.17 bits per heavy atom. The molecule has 2 aromatic carbocycles. The van der Waals surface area contributed by atoms with Gasteiger partial charge in [0.1, 0.15) is 5.69 Å². The van der Waals surface area contributed by atoms with Gasteiger partial charge >= 0.3 is 0 Å². The Morgan fingerprint density at radius 2 is 1.55 bits per heavy atom. The largest absolute Gasteiger partial charge is 0.339 e. The van der Waals surface area contributed by atoms with E-state index in [9.17, 15) is 14.4 Å². The predicted octanol–water partition coefficient (Wildman–Crippen LogP) is 5.10. The van der Waals surface area contributed by atoms with Gasteiger partial charge in [0.25, 0.3) is 5.91 Å². The zero-order chi connectivity index (χ0) is 29.3. The van der Waals surface area contributed by atoms with Crippen molar-refractivity contribution in [1.82, 2.24) is 14.8 Å². The van der Waals surface area contributed by atoms with Gasteiger partial charge in [-0.3, -0.25) is 24.3 Å². The highest BCUT2D eigenvalue weighted by Gasteiger charge is 2.25. The molecule has 0 unspecified atom stereocenters. The standard InChI is InChI=1S/C34H37N5O3/c35-21-28-1-3-29(4-2-28)23-38-15-11-27(12-16-38)20-33(41)32-10-7-30(22-36-32)34(42)39-17-13-26(14-18-39)19-25-5-8-31(9-6-25)37-24-40/h1-10,22,24,26-27H,11-20,23H2,(H,37,40). The number of amides is 2. The van der Waals surface area contributed by atoms with E-state index in [1.54, 1.807) is 18.3 Å². The van der Waals surface area contributed by atoms with Crippen molar-refractivity contribution in [2.24, 2.45) is 11.8 Å². The number of nitrogens with one attached hydrogen (secondary N) is 1. The maximum Gasteiger partial charge on any atom is 0.255 e. The van der Waals surface area contributed by atoms with Gasteiger partial charge in [-0.25, -0.2) is 0 Å². The van der Waals surface area contributed by atoms with Gasteiger partial charge in [0.2, 0.25) is 6.41 Å². The number of hydrogen-bond acceptors (Lipinski definition) is 6. The van der Waals surface area contributed by atoms with Crippen LogP contribution in [-0.2, 0) is 17.8 Å². The minimum Gasteiger partial charge on any atom is -0.339 e. The van der Waals surface area contributed by atoms with Gasteiger partial charge in [0.15, 0.2) is 5.78 Å². The lowest BCUT2D eigenvalue weighted by atomic mass is 9.90. The summed E-state index contributed by atoms with van der Waals surface area (Å²) in [5.41, 5.74) is 4.84. The Kier molecular flexibility index (Phi) is 9.73. The van der Waals surface area contributed by atoms with Crippen LogP contribution in [0.3, 0.4) is 0 Å². The predicted molar refractivity (Wildman–Crippen MR) is 161 cm³/mol. The molecule has 2 amide bonds. The van der Waals surface area contributed by atoms with Crippen LogP contribution >= 0.6 is 0 Å². The molecule has 216 valence electrons. The fraction of sp³-hybridized carbons (Fsp3) is 0.382. The highest BCUT2D eigenvalue weighted by molar-refractivity contribution is 5.97. The number of anilines is 1. The Morgan fingerprint density at radius 1 is 0.881 bits per heavy atom. The van der Waals surface area contributed by atoms with E-state index in [0.29, 0.717) is 54.6 Å². The van der Waals surface area contributed by atoms with Crippen molar-refractivity contribution < 1.29 is 14.4 Å². The summed E-state index contributed by atoms with van der Waals surface area (Å²) >= 11 is 0. The second kappa shape index (κ2) is 14.0. The molecular weight excluding hydrogens is 526 g/mol. The smallest absolute Gasteiger partial charge is 0.255 e. The fourth-order valence-corrected chi connectivity index (χ4v) is 6.00. The highest BCUT2D eigenvalue weighted by atomic mass is 16.2. The van der Waals surface area contributed by atoms with E-state index in [1.807, 2.05) is 53.4 Å². The molecule has 1 N–H and O–H groups in total. The molecule has 5 rings (SSSR count). The first-order chi connectivity index (χ1) is 20.5. The number of hydrogen-bond donors (Lipinski definition) is 1. The number of Topliss-reactive ketones (excluding diaryl/α,β-unsaturated/α-hetero) is 1. The second-order valence-corrected chi connectivity index (χ2v) is 11.5. The lowest BCUT2D eigenvalue weighted by molar-refractivity contribution is -0.105. The number of carbonyl (C=O) groups is 3. The molecule has 3 aromatic rings. The van der Waals surface area contributed by atoms with Crippen LogP contribution in [0, 0.1) is 23.2 Å². The number of nitrogens with zero attached hydrogens (tertiary/aromatic N) is 4. The Bertz CT molecular complexity index is 1400. The van der Waals surface area contributed by atoms with Crippen molar-refractivity contribution in [2.75, 3.05) is 31.5 Å². The molecular formula is C34H37N5O3. The molecule has 0 atom stereocenters. The lowest BCUT2D eigenvalue weighted by Gasteiger charge is -2.32. The van der Waals surface area contributed by atoms with Crippen molar-refractivity contribution in [3.8, 4) is 6.07 Å². The van der Waals surface area contributed by atoms with E-state index >= 15 is 0 Å². The lowest BCUT2D eigenvalue weighted by Crippen LogP contribution is -2.39. The number of aromatic nitrogens is 1. The maximum atomic E-state index is 13.1. The Hall–Kier alpha value is -4.35. The van der Waals surface area contributed by atoms with E-state index in [2.05, 4.69) is 21.3 Å². The van der Waals surface area contributed by atoms with Gasteiger partial charge in [0, 0.05) is 37.9 Å². The number of carbonyl (C=O) groups excluding carboxylic acids is 3. The maximum absolute atomic E-state index is 13.1. The van der Waals surface area contributed by atoms with Crippen molar-refractivity contribution in [2.45, 2.75) is 45.1 Å². The van der Waals surface area contributed by atoms with Crippen molar-refractivity contribution >= 4 is 23.8 Å². The van der Waals surface area contributed by atoms with Crippen LogP contribution in [0.1, 0.15) is 69.6 Å². The molecule has 0 bridgehead atoms. The first-order valence-electron chi connectivity index (χ1n) is 14.8. The molecule has 42 heavy (non-hydrogen) atoms. The van der Waals surface area contributed by atoms with Gasteiger partial charge in [-0.1, -0.05) is 24.3 Å². The summed E-state index contributed by atoms with van der Waals surface area (Å²) in [6.07, 6.45) is 7.49. The normalized spacial score (nSPS) is 16.5. The first-order valence-corrected chi connectivity index (χ1v) is 14.8. The SMILES string of the molecule is N#Cc1ccc(CN2CCC(CC(=O)c3ccc(C(=O)N4CCC(Cc5ccc(NC=O)cc5)CC4)cn3)CC2)cc1. The van der Waals surface area contributed by atoms with E-state index in [0.717, 1.165) is 57.4 Å². The molecule has 1 aromatic heterocycles. The summed E-state index contributed by atoms with van der Waals surface area (Å²) in [6.45, 7) is 4.16. The molecule has 2 aliphatic rings. The number of pyridine rings is 1. The molecule has 2 saturated heterocycles. The van der Waals surface area contributed by atoms with E-state index in [4.69, 9.17) is 5.26 Å². The Labute approximate surface area is 247 Å². The quantitative estimate of drug-likeness (QED) is 0.272. The third-order valence-corrected chi connectivity index (χ3v) is 8.57. The number of likely N-dealkylation sites (tertiary alicyclic amines) is 2. The average molecular weight is 564 g/mol. The summed E-state index contributed by atoms with van der Waals surface area (Å²) in [5.74, 6) is 0.860. The van der Waals surface area contributed by atoms with Crippen molar-refractivity contribution in [3.05, 3.63) is 94.8 Å². The Balaban J connectivity index is 1.04. The zero-order valence-corrected chi connectivity index (χ0v) is 23.9. The van der Waals surface area contributed by atoms with Crippen LogP contribution in [0.2, 0.25) is 0 Å². The van der Waals surface area contributed by atoms with Crippen molar-refractivity contribution in [1.29, 1.82) is 5.26 Å². The van der Waals surface area contributed by atoms with Crippen molar-refractivity contribution in [3.63, 3.8) is 0 Å². The summed E-state index contributed by atoms with van der Waals surface area (Å²) < 4.78 is 0. The van der Waals surface area contributed by atoms with Gasteiger partial charge in [-0.2, -0.15) is 5.26 Å². The van der Waals surface area contributed by atoms with E-state index in [-0.39, 0.29) is 11.7 Å². The number of piperidine rings is 2. The molecule has 0 spiro atoms. The summed E-state index contributed by atoms with van der Waals surface area (Å²) in [5, 5.41) is 11.6. The average Bonchev–Trinajstić information content (AvgIpc) is 3.03. The number of nitriles is 1. The second-order valence-electron chi connectivity index (χ2n) is 11.5. The zero-order valence-electron chi connectivity index (χ0n) is 23.9. The summed E-state index contributed by atoms with van der Waals surface area (Å²) in [6, 6.07) is 21.2. The fourth-order valence-electron chi connectivity index (χ4n) is 6.00. The molecule has 2 fully saturated rings.